The van der Waals surface area contributed by atoms with Gasteiger partial charge in [-0.05, 0) is 108 Å². The number of amides is 2. The average molecular weight is 1080 g/mol. The predicted molar refractivity (Wildman–Crippen MR) is 288 cm³/mol. The Bertz CT molecular complexity index is 3200. The Kier molecular flexibility index (Phi) is 15.4. The van der Waals surface area contributed by atoms with Gasteiger partial charge in [-0.1, -0.05) is 43.3 Å². The van der Waals surface area contributed by atoms with E-state index in [1.165, 1.54) is 9.58 Å². The van der Waals surface area contributed by atoms with Crippen molar-refractivity contribution in [3.8, 4) is 34.1 Å². The van der Waals surface area contributed by atoms with Crippen molar-refractivity contribution >= 4 is 45.6 Å². The van der Waals surface area contributed by atoms with Crippen molar-refractivity contribution in [3.05, 3.63) is 71.3 Å². The van der Waals surface area contributed by atoms with Crippen LogP contribution >= 0.6 is 0 Å². The number of aliphatic carboxylic acids is 1. The van der Waals surface area contributed by atoms with E-state index in [0.717, 1.165) is 48.6 Å². The number of carbonyl (C=O) groups excluding carboxylic acids is 2. The van der Waals surface area contributed by atoms with Gasteiger partial charge in [0.15, 0.2) is 12.0 Å². The van der Waals surface area contributed by atoms with E-state index in [1.807, 2.05) is 72.9 Å². The molecule has 78 heavy (non-hydrogen) atoms. The Labute approximate surface area is 452 Å². The molecule has 416 valence electrons. The normalized spacial score (nSPS) is 20.7. The van der Waals surface area contributed by atoms with Crippen LogP contribution in [0.5, 0.6) is 11.8 Å². The number of β-amino-alcohol motifs (C(OH)–C–C–N with tert-alkyl or cyclic N) is 1. The Morgan fingerprint density at radius 1 is 0.974 bits per heavy atom. The number of methoxy groups -OCH3 is 1. The predicted octanol–water partition coefficient (Wildman–Crippen LogP) is 8.61. The Balaban J connectivity index is 1.07. The molecule has 20 nitrogen and oxygen atoms in total. The third-order valence-corrected chi connectivity index (χ3v) is 15.4. The van der Waals surface area contributed by atoms with E-state index in [-0.39, 0.29) is 68.5 Å². The molecule has 6 heterocycles. The summed E-state index contributed by atoms with van der Waals surface area (Å²) >= 11 is 0. The summed E-state index contributed by atoms with van der Waals surface area (Å²) in [7, 11) is 3.57. The number of rotatable bonds is 17. The van der Waals surface area contributed by atoms with Crippen LogP contribution in [0.1, 0.15) is 121 Å². The summed E-state index contributed by atoms with van der Waals surface area (Å²) in [4.78, 5) is 54.6. The SMILES string of the molecule is CO[C@@H](C)COc1nc(N(C)[C@H]2CCN(C(=O)OC(C)(C)C)C2)c2cc(C3CC3)c(-c3c(C)c(F)cc4c3cnn4C3CCCCO3)c(OCc3ccc(-c4cn([C@H](C(=O)N5C[C@H](O)C[C@H]5C(=O)O)C(C)C)nn4)cc3)c2n1. The molecule has 0 spiro atoms. The maximum absolute atomic E-state index is 16.8. The van der Waals surface area contributed by atoms with E-state index in [1.54, 1.807) is 42.1 Å². The van der Waals surface area contributed by atoms with Gasteiger partial charge < -0.3 is 48.6 Å². The van der Waals surface area contributed by atoms with Crippen LogP contribution in [0.2, 0.25) is 0 Å². The molecule has 1 aliphatic carbocycles. The van der Waals surface area contributed by atoms with E-state index in [0.29, 0.717) is 82.1 Å². The molecule has 0 radical (unpaired) electrons. The molecule has 3 aromatic carbocycles. The highest BCUT2D eigenvalue weighted by Gasteiger charge is 2.43. The zero-order valence-corrected chi connectivity index (χ0v) is 45.9. The van der Waals surface area contributed by atoms with Crippen LogP contribution < -0.4 is 14.4 Å². The minimum absolute atomic E-state index is 0.0435. The summed E-state index contributed by atoms with van der Waals surface area (Å²) in [5.74, 6) is -1.18. The first-order chi connectivity index (χ1) is 37.3. The molecule has 21 heteroatoms. The lowest BCUT2D eigenvalue weighted by Gasteiger charge is -2.29. The van der Waals surface area contributed by atoms with E-state index >= 15 is 4.39 Å². The lowest BCUT2D eigenvalue weighted by molar-refractivity contribution is -0.150. The quantitative estimate of drug-likeness (QED) is 0.0873. The number of likely N-dealkylation sites (tertiary alicyclic amines) is 2. The van der Waals surface area contributed by atoms with Crippen LogP contribution in [0.25, 0.3) is 44.2 Å². The van der Waals surface area contributed by atoms with Gasteiger partial charge in [0.2, 0.25) is 5.91 Å². The van der Waals surface area contributed by atoms with Crippen molar-refractivity contribution in [1.29, 1.82) is 0 Å². The van der Waals surface area contributed by atoms with Crippen molar-refractivity contribution < 1.29 is 52.7 Å². The lowest BCUT2D eigenvalue weighted by atomic mass is 9.88. The number of nitrogens with zero attached hydrogens (tertiary/aromatic N) is 10. The van der Waals surface area contributed by atoms with Gasteiger partial charge in [-0.2, -0.15) is 15.1 Å². The molecule has 4 aliphatic rings. The molecule has 0 bridgehead atoms. The fourth-order valence-electron chi connectivity index (χ4n) is 11.0. The van der Waals surface area contributed by atoms with Gasteiger partial charge in [-0.15, -0.1) is 5.10 Å². The zero-order chi connectivity index (χ0) is 55.3. The van der Waals surface area contributed by atoms with Gasteiger partial charge >= 0.3 is 18.1 Å². The van der Waals surface area contributed by atoms with Gasteiger partial charge in [0.25, 0.3) is 0 Å². The first-order valence-corrected chi connectivity index (χ1v) is 27.2. The molecule has 1 saturated carbocycles. The third kappa shape index (κ3) is 11.1. The third-order valence-electron chi connectivity index (χ3n) is 15.4. The van der Waals surface area contributed by atoms with Crippen LogP contribution in [0.3, 0.4) is 0 Å². The number of carboxylic acids is 1. The van der Waals surface area contributed by atoms with Crippen molar-refractivity contribution in [2.75, 3.05) is 51.9 Å². The van der Waals surface area contributed by atoms with Crippen LogP contribution in [-0.2, 0) is 30.4 Å². The number of aliphatic hydroxyl groups is 1. The molecule has 2 amide bonds. The fraction of sp³-hybridized carbons (Fsp3) is 0.544. The average Bonchev–Trinajstić information content (AvgIpc) is 3.96. The minimum atomic E-state index is -1.17. The number of likely N-dealkylation sites (N-methyl/N-ethyl adjacent to an activating group) is 1. The molecule has 1 unspecified atom stereocenters. The highest BCUT2D eigenvalue weighted by Crippen LogP contribution is 2.53. The first-order valence-electron chi connectivity index (χ1n) is 27.2. The maximum atomic E-state index is 16.8. The summed E-state index contributed by atoms with van der Waals surface area (Å²) in [6, 6.07) is 9.24. The Morgan fingerprint density at radius 3 is 2.42 bits per heavy atom. The number of carbonyl (C=O) groups is 3. The molecule has 6 atom stereocenters. The van der Waals surface area contributed by atoms with E-state index in [9.17, 15) is 24.6 Å². The van der Waals surface area contributed by atoms with Crippen molar-refractivity contribution in [1.82, 2.24) is 44.5 Å². The number of benzene rings is 3. The molecule has 3 saturated heterocycles. The molecular formula is C57H71FN10O10. The van der Waals surface area contributed by atoms with Gasteiger partial charge in [0.05, 0.1) is 30.1 Å². The van der Waals surface area contributed by atoms with Gasteiger partial charge in [-0.25, -0.2) is 23.3 Å². The van der Waals surface area contributed by atoms with Crippen LogP contribution in [0.4, 0.5) is 15.0 Å². The summed E-state index contributed by atoms with van der Waals surface area (Å²) in [6.07, 6.45) is 6.62. The summed E-state index contributed by atoms with van der Waals surface area (Å²) in [5.41, 5.74) is 5.15. The second-order valence-corrected chi connectivity index (χ2v) is 22.7. The number of hydrogen-bond donors (Lipinski definition) is 2. The lowest BCUT2D eigenvalue weighted by Crippen LogP contribution is -2.45. The van der Waals surface area contributed by atoms with Crippen LogP contribution in [0, 0.1) is 18.7 Å². The van der Waals surface area contributed by atoms with Crippen LogP contribution in [-0.4, -0.2) is 150 Å². The largest absolute Gasteiger partial charge is 0.486 e. The van der Waals surface area contributed by atoms with E-state index < -0.39 is 41.5 Å². The monoisotopic (exact) mass is 1070 g/mol. The second kappa shape index (κ2) is 22.0. The molecule has 10 rings (SSSR count). The fourth-order valence-corrected chi connectivity index (χ4v) is 11.0. The Hall–Kier alpha value is -6.97. The topological polar surface area (TPSA) is 222 Å². The molecule has 2 N–H and O–H groups in total. The standard InChI is InChI=1S/C57H71FN10O10/c1-31(2)50(53(70)66-27-38(69)22-45(66)54(71)72)67-28-43(62-63-67)36-15-13-34(14-16-36)30-76-51-48(47-33(4)42(58)24-44-41(47)25-59-68(44)46-12-10-11-21-75-46)39(35-17-18-35)23-40-49(51)60-55(77-29-32(3)74-9)61-52(40)64(8)37-19-20-65(26-37)56(73)78-57(5,6)7/h13-16,23-25,28,31-32,35,37-38,45-46,50,69H,10-12,17-22,26-27,29-30H2,1-9H3,(H,71,72)/t32-,37-,38+,45-,46?,50-/m0/s1. The number of ether oxygens (including phenoxy) is 5. The maximum Gasteiger partial charge on any atom is 0.410 e. The molecule has 6 aromatic rings. The number of fused-ring (bicyclic) bond motifs is 2. The van der Waals surface area contributed by atoms with Crippen molar-refractivity contribution in [3.63, 3.8) is 0 Å². The highest BCUT2D eigenvalue weighted by molar-refractivity contribution is 6.06. The van der Waals surface area contributed by atoms with Crippen molar-refractivity contribution in [2.24, 2.45) is 5.92 Å². The zero-order valence-electron chi connectivity index (χ0n) is 45.9. The van der Waals surface area contributed by atoms with Crippen LogP contribution in [0.15, 0.2) is 48.8 Å². The molecular weight excluding hydrogens is 1000 g/mol. The van der Waals surface area contributed by atoms with Crippen molar-refractivity contribution in [2.45, 2.75) is 148 Å². The van der Waals surface area contributed by atoms with Gasteiger partial charge in [0, 0.05) is 86.4 Å². The molecule has 3 aromatic heterocycles. The first kappa shape index (κ1) is 54.4. The van der Waals surface area contributed by atoms with Gasteiger partial charge in [-0.3, -0.25) is 4.79 Å². The van der Waals surface area contributed by atoms with Gasteiger partial charge in [0.1, 0.15) is 53.7 Å². The molecule has 3 aliphatic heterocycles. The summed E-state index contributed by atoms with van der Waals surface area (Å²) < 4.78 is 51.1. The number of aromatic nitrogens is 7. The summed E-state index contributed by atoms with van der Waals surface area (Å²) in [5, 5.41) is 35.2. The number of anilines is 1. The number of hydrogen-bond acceptors (Lipinski definition) is 15. The number of halogens is 1. The summed E-state index contributed by atoms with van der Waals surface area (Å²) in [6.45, 7) is 14.6. The molecule has 4 fully saturated rings. The Morgan fingerprint density at radius 2 is 1.74 bits per heavy atom. The highest BCUT2D eigenvalue weighted by atomic mass is 19.1. The second-order valence-electron chi connectivity index (χ2n) is 22.7. The smallest absolute Gasteiger partial charge is 0.410 e. The minimum Gasteiger partial charge on any atom is -0.486 e. The van der Waals surface area contributed by atoms with E-state index in [4.69, 9.17) is 38.8 Å². The number of aliphatic hydroxyl groups excluding tert-OH is 1. The van der Waals surface area contributed by atoms with E-state index in [2.05, 4.69) is 21.3 Å². The number of carboxylic acid groups (broad SMARTS) is 1.